The molecule has 0 bridgehead atoms. The third-order valence-electron chi connectivity index (χ3n) is 4.00. The maximum Gasteiger partial charge on any atom is 0.417 e. The standard InChI is InChI=1S/C19H14F3N3O3/c1-28-14-8-15(26)25(13-7-12(9-24-10-13)19(20,21)22)17(16(14)18(23)27)11-5-3-2-4-6-11/h2-10H,1H3,(H2,23,27). The van der Waals surface area contributed by atoms with Gasteiger partial charge in [-0.1, -0.05) is 30.3 Å². The Bertz CT molecular complexity index is 1090. The highest BCUT2D eigenvalue weighted by molar-refractivity contribution is 6.02. The average molecular weight is 389 g/mol. The number of carbonyl (C=O) groups is 1. The van der Waals surface area contributed by atoms with Crippen LogP contribution in [-0.2, 0) is 6.18 Å². The molecule has 0 spiro atoms. The molecule has 28 heavy (non-hydrogen) atoms. The van der Waals surface area contributed by atoms with E-state index in [1.807, 2.05) is 0 Å². The molecule has 0 atom stereocenters. The van der Waals surface area contributed by atoms with E-state index in [0.717, 1.165) is 22.9 Å². The Morgan fingerprint density at radius 2 is 1.82 bits per heavy atom. The van der Waals surface area contributed by atoms with E-state index >= 15 is 0 Å². The quantitative estimate of drug-likeness (QED) is 0.743. The molecule has 2 N–H and O–H groups in total. The van der Waals surface area contributed by atoms with Gasteiger partial charge in [0.2, 0.25) is 0 Å². The van der Waals surface area contributed by atoms with Gasteiger partial charge < -0.3 is 10.5 Å². The molecule has 2 aromatic heterocycles. The number of halogens is 3. The summed E-state index contributed by atoms with van der Waals surface area (Å²) in [6.07, 6.45) is -2.91. The minimum absolute atomic E-state index is 0.0126. The number of hydrogen-bond donors (Lipinski definition) is 1. The number of alkyl halides is 3. The van der Waals surface area contributed by atoms with Gasteiger partial charge in [0.15, 0.2) is 0 Å². The van der Waals surface area contributed by atoms with Crippen LogP contribution in [0.1, 0.15) is 15.9 Å². The number of rotatable bonds is 4. The Kier molecular flexibility index (Phi) is 4.91. The summed E-state index contributed by atoms with van der Waals surface area (Å²) in [6.45, 7) is 0. The van der Waals surface area contributed by atoms with Crippen molar-refractivity contribution in [3.63, 3.8) is 0 Å². The van der Waals surface area contributed by atoms with Crippen LogP contribution in [0.2, 0.25) is 0 Å². The summed E-state index contributed by atoms with van der Waals surface area (Å²) in [7, 11) is 1.26. The Balaban J connectivity index is 2.44. The fourth-order valence-corrected chi connectivity index (χ4v) is 2.82. The number of nitrogens with two attached hydrogens (primary N) is 1. The van der Waals surface area contributed by atoms with Crippen LogP contribution in [0.25, 0.3) is 16.9 Å². The van der Waals surface area contributed by atoms with E-state index in [1.54, 1.807) is 30.3 Å². The molecule has 1 aromatic carbocycles. The van der Waals surface area contributed by atoms with Crippen LogP contribution in [0.4, 0.5) is 13.2 Å². The highest BCUT2D eigenvalue weighted by Crippen LogP contribution is 2.33. The number of methoxy groups -OCH3 is 1. The molecule has 0 aliphatic carbocycles. The predicted octanol–water partition coefficient (Wildman–Crippen LogP) is 3.03. The summed E-state index contributed by atoms with van der Waals surface area (Å²) in [5.41, 5.74) is 3.86. The lowest BCUT2D eigenvalue weighted by Crippen LogP contribution is -2.26. The van der Waals surface area contributed by atoms with Crippen LogP contribution >= 0.6 is 0 Å². The van der Waals surface area contributed by atoms with E-state index in [9.17, 15) is 22.8 Å². The molecule has 3 aromatic rings. The summed E-state index contributed by atoms with van der Waals surface area (Å²) in [5, 5.41) is 0. The average Bonchev–Trinajstić information content (AvgIpc) is 2.66. The van der Waals surface area contributed by atoms with Gasteiger partial charge in [0.1, 0.15) is 11.3 Å². The second-order valence-corrected chi connectivity index (χ2v) is 5.77. The van der Waals surface area contributed by atoms with Gasteiger partial charge in [-0.3, -0.25) is 19.1 Å². The predicted molar refractivity (Wildman–Crippen MR) is 95.3 cm³/mol. The molecule has 0 aliphatic heterocycles. The van der Waals surface area contributed by atoms with Crippen molar-refractivity contribution in [2.24, 2.45) is 5.73 Å². The first-order valence-corrected chi connectivity index (χ1v) is 7.96. The third kappa shape index (κ3) is 3.46. The SMILES string of the molecule is COc1cc(=O)n(-c2cncc(C(F)(F)F)c2)c(-c2ccccc2)c1C(N)=O. The van der Waals surface area contributed by atoms with Gasteiger partial charge >= 0.3 is 6.18 Å². The highest BCUT2D eigenvalue weighted by Gasteiger charge is 2.32. The Hall–Kier alpha value is -3.62. The number of carbonyl (C=O) groups excluding carboxylic acids is 1. The summed E-state index contributed by atoms with van der Waals surface area (Å²) in [6, 6.07) is 9.97. The Morgan fingerprint density at radius 1 is 1.14 bits per heavy atom. The highest BCUT2D eigenvalue weighted by atomic mass is 19.4. The van der Waals surface area contributed by atoms with Crippen molar-refractivity contribution in [2.45, 2.75) is 6.18 Å². The molecule has 0 saturated heterocycles. The lowest BCUT2D eigenvalue weighted by molar-refractivity contribution is -0.137. The number of aromatic nitrogens is 2. The van der Waals surface area contributed by atoms with Crippen molar-refractivity contribution in [2.75, 3.05) is 7.11 Å². The van der Waals surface area contributed by atoms with Gasteiger partial charge in [-0.15, -0.1) is 0 Å². The molecule has 144 valence electrons. The fraction of sp³-hybridized carbons (Fsp3) is 0.105. The molecule has 6 nitrogen and oxygen atoms in total. The lowest BCUT2D eigenvalue weighted by atomic mass is 10.0. The molecule has 0 fully saturated rings. The van der Waals surface area contributed by atoms with Gasteiger partial charge in [0, 0.05) is 12.3 Å². The minimum atomic E-state index is -4.65. The second-order valence-electron chi connectivity index (χ2n) is 5.77. The zero-order chi connectivity index (χ0) is 20.5. The van der Waals surface area contributed by atoms with Crippen LogP contribution in [0, 0.1) is 0 Å². The molecular formula is C19H14F3N3O3. The van der Waals surface area contributed by atoms with E-state index in [0.29, 0.717) is 11.8 Å². The first-order valence-electron chi connectivity index (χ1n) is 7.96. The maximum atomic E-state index is 13.1. The van der Waals surface area contributed by atoms with Crippen molar-refractivity contribution >= 4 is 5.91 Å². The summed E-state index contributed by atoms with van der Waals surface area (Å²) in [4.78, 5) is 28.5. The van der Waals surface area contributed by atoms with Crippen molar-refractivity contribution < 1.29 is 22.7 Å². The van der Waals surface area contributed by atoms with Gasteiger partial charge in [-0.05, 0) is 11.6 Å². The number of hydrogen-bond acceptors (Lipinski definition) is 4. The molecule has 0 radical (unpaired) electrons. The third-order valence-corrected chi connectivity index (χ3v) is 4.00. The number of ether oxygens (including phenoxy) is 1. The van der Waals surface area contributed by atoms with Crippen molar-refractivity contribution in [3.8, 4) is 22.7 Å². The zero-order valence-electron chi connectivity index (χ0n) is 14.5. The van der Waals surface area contributed by atoms with Crippen LogP contribution in [-0.4, -0.2) is 22.6 Å². The lowest BCUT2D eigenvalue weighted by Gasteiger charge is -2.19. The van der Waals surface area contributed by atoms with E-state index < -0.39 is 23.2 Å². The maximum absolute atomic E-state index is 13.1. The molecular weight excluding hydrogens is 375 g/mol. The van der Waals surface area contributed by atoms with Crippen molar-refractivity contribution in [3.05, 3.63) is 76.3 Å². The summed E-state index contributed by atoms with van der Waals surface area (Å²) < 4.78 is 45.4. The summed E-state index contributed by atoms with van der Waals surface area (Å²) >= 11 is 0. The number of primary amides is 1. The molecule has 9 heteroatoms. The Morgan fingerprint density at radius 3 is 2.39 bits per heavy atom. The first-order chi connectivity index (χ1) is 13.2. The van der Waals surface area contributed by atoms with Gasteiger partial charge in [-0.25, -0.2) is 0 Å². The van der Waals surface area contributed by atoms with Crippen LogP contribution in [0.15, 0.2) is 59.7 Å². The molecule has 2 heterocycles. The summed E-state index contributed by atoms with van der Waals surface area (Å²) in [5.74, 6) is -0.975. The Labute approximate surface area is 157 Å². The smallest absolute Gasteiger partial charge is 0.417 e. The fourth-order valence-electron chi connectivity index (χ4n) is 2.82. The topological polar surface area (TPSA) is 87.2 Å². The van der Waals surface area contributed by atoms with E-state index in [-0.39, 0.29) is 22.7 Å². The normalized spacial score (nSPS) is 11.3. The molecule has 0 saturated carbocycles. The number of nitrogens with zero attached hydrogens (tertiary/aromatic N) is 2. The van der Waals surface area contributed by atoms with Crippen LogP contribution < -0.4 is 16.0 Å². The van der Waals surface area contributed by atoms with Gasteiger partial charge in [0.05, 0.1) is 30.3 Å². The van der Waals surface area contributed by atoms with E-state index in [2.05, 4.69) is 4.98 Å². The molecule has 1 amide bonds. The number of benzene rings is 1. The van der Waals surface area contributed by atoms with E-state index in [4.69, 9.17) is 10.5 Å². The molecule has 3 rings (SSSR count). The molecule has 0 unspecified atom stereocenters. The van der Waals surface area contributed by atoms with Gasteiger partial charge in [-0.2, -0.15) is 13.2 Å². The minimum Gasteiger partial charge on any atom is -0.496 e. The van der Waals surface area contributed by atoms with Gasteiger partial charge in [0.25, 0.3) is 11.5 Å². The van der Waals surface area contributed by atoms with Crippen molar-refractivity contribution in [1.82, 2.24) is 9.55 Å². The number of pyridine rings is 2. The molecule has 0 aliphatic rings. The largest absolute Gasteiger partial charge is 0.496 e. The van der Waals surface area contributed by atoms with Crippen molar-refractivity contribution in [1.29, 1.82) is 0 Å². The second kappa shape index (κ2) is 7.18. The zero-order valence-corrected chi connectivity index (χ0v) is 14.5. The monoisotopic (exact) mass is 389 g/mol. The van der Waals surface area contributed by atoms with E-state index in [1.165, 1.54) is 7.11 Å². The van der Waals surface area contributed by atoms with Crippen LogP contribution in [0.5, 0.6) is 5.75 Å². The first kappa shape index (κ1) is 19.2. The number of amides is 1. The van der Waals surface area contributed by atoms with Crippen LogP contribution in [0.3, 0.4) is 0 Å².